The SMILES string of the molecule is Cc1cccc(C(=O)c2ccc(C(C)(C)C)cc2)c1C(P=O)C(C)C. The minimum Gasteiger partial charge on any atom is -0.289 e. The lowest BCUT2D eigenvalue weighted by atomic mass is 9.85. The van der Waals surface area contributed by atoms with Crippen molar-refractivity contribution in [3.63, 3.8) is 0 Å². The van der Waals surface area contributed by atoms with Gasteiger partial charge in [-0.3, -0.25) is 9.36 Å². The highest BCUT2D eigenvalue weighted by Crippen LogP contribution is 2.39. The van der Waals surface area contributed by atoms with Gasteiger partial charge in [0.15, 0.2) is 14.2 Å². The monoisotopic (exact) mass is 354 g/mol. The molecule has 1 unspecified atom stereocenters. The van der Waals surface area contributed by atoms with E-state index in [9.17, 15) is 9.36 Å². The van der Waals surface area contributed by atoms with Crippen molar-refractivity contribution in [1.29, 1.82) is 0 Å². The zero-order valence-corrected chi connectivity index (χ0v) is 16.9. The normalized spacial score (nSPS) is 13.2. The Bertz CT molecular complexity index is 768. The smallest absolute Gasteiger partial charge is 0.193 e. The van der Waals surface area contributed by atoms with Crippen LogP contribution in [0.3, 0.4) is 0 Å². The van der Waals surface area contributed by atoms with Gasteiger partial charge in [0.05, 0.1) is 5.66 Å². The van der Waals surface area contributed by atoms with Crippen LogP contribution in [0.4, 0.5) is 0 Å². The molecule has 0 N–H and O–H groups in total. The van der Waals surface area contributed by atoms with E-state index < -0.39 is 0 Å². The Kier molecular flexibility index (Phi) is 5.95. The van der Waals surface area contributed by atoms with Crippen LogP contribution in [-0.4, -0.2) is 5.78 Å². The topological polar surface area (TPSA) is 34.1 Å². The molecule has 132 valence electrons. The molecular weight excluding hydrogens is 327 g/mol. The lowest BCUT2D eigenvalue weighted by Gasteiger charge is -2.21. The van der Waals surface area contributed by atoms with Gasteiger partial charge in [-0.15, -0.1) is 0 Å². The third kappa shape index (κ3) is 4.25. The first kappa shape index (κ1) is 19.5. The quantitative estimate of drug-likeness (QED) is 0.453. The van der Waals surface area contributed by atoms with E-state index >= 15 is 0 Å². The predicted octanol–water partition coefficient (Wildman–Crippen LogP) is 6.51. The molecule has 0 heterocycles. The van der Waals surface area contributed by atoms with Crippen molar-refractivity contribution in [3.05, 3.63) is 70.3 Å². The summed E-state index contributed by atoms with van der Waals surface area (Å²) >= 11 is 0. The number of hydrogen-bond donors (Lipinski definition) is 0. The first-order chi connectivity index (χ1) is 11.7. The number of rotatable bonds is 5. The van der Waals surface area contributed by atoms with Gasteiger partial charge in [-0.2, -0.15) is 0 Å². The second-order valence-electron chi connectivity index (χ2n) is 7.99. The lowest BCUT2D eigenvalue weighted by Crippen LogP contribution is -2.13. The van der Waals surface area contributed by atoms with E-state index in [-0.39, 0.29) is 31.2 Å². The van der Waals surface area contributed by atoms with Crippen molar-refractivity contribution in [2.24, 2.45) is 5.92 Å². The van der Waals surface area contributed by atoms with Crippen molar-refractivity contribution >= 4 is 14.2 Å². The molecule has 0 fully saturated rings. The molecule has 0 aliphatic heterocycles. The van der Waals surface area contributed by atoms with Gasteiger partial charge < -0.3 is 0 Å². The van der Waals surface area contributed by atoms with Crippen molar-refractivity contribution in [1.82, 2.24) is 0 Å². The summed E-state index contributed by atoms with van der Waals surface area (Å²) in [7, 11) is 0.0568. The molecule has 0 amide bonds. The number of benzene rings is 2. The molecular formula is C22H27O2P. The molecule has 0 aromatic heterocycles. The number of hydrogen-bond acceptors (Lipinski definition) is 2. The highest BCUT2D eigenvalue weighted by atomic mass is 31.1. The Balaban J connectivity index is 2.50. The van der Waals surface area contributed by atoms with Crippen LogP contribution in [0, 0.1) is 12.8 Å². The van der Waals surface area contributed by atoms with Gasteiger partial charge in [0.2, 0.25) is 0 Å². The van der Waals surface area contributed by atoms with Gasteiger partial charge in [0.25, 0.3) is 0 Å². The third-order valence-corrected chi connectivity index (χ3v) is 5.70. The van der Waals surface area contributed by atoms with Crippen LogP contribution in [0.2, 0.25) is 0 Å². The first-order valence-corrected chi connectivity index (χ1v) is 9.62. The molecule has 2 nitrogen and oxygen atoms in total. The van der Waals surface area contributed by atoms with Crippen LogP contribution in [0.1, 0.15) is 72.9 Å². The van der Waals surface area contributed by atoms with Gasteiger partial charge >= 0.3 is 0 Å². The van der Waals surface area contributed by atoms with Crippen LogP contribution >= 0.6 is 8.46 Å². The number of carbonyl (C=O) groups is 1. The van der Waals surface area contributed by atoms with Crippen molar-refractivity contribution < 1.29 is 9.36 Å². The van der Waals surface area contributed by atoms with Gasteiger partial charge in [-0.1, -0.05) is 77.1 Å². The van der Waals surface area contributed by atoms with Crippen molar-refractivity contribution in [2.75, 3.05) is 0 Å². The predicted molar refractivity (Wildman–Crippen MR) is 105 cm³/mol. The summed E-state index contributed by atoms with van der Waals surface area (Å²) in [5.74, 6) is 0.184. The Labute approximate surface area is 152 Å². The molecule has 0 aliphatic carbocycles. The summed E-state index contributed by atoms with van der Waals surface area (Å²) in [4.78, 5) is 13.1. The van der Waals surface area contributed by atoms with Gasteiger partial charge in [-0.25, -0.2) is 0 Å². The molecule has 3 heteroatoms. The van der Waals surface area contributed by atoms with Crippen LogP contribution in [0.15, 0.2) is 42.5 Å². The molecule has 0 aliphatic rings. The molecule has 1 atom stereocenters. The van der Waals surface area contributed by atoms with E-state index in [1.54, 1.807) is 0 Å². The van der Waals surface area contributed by atoms with E-state index in [0.29, 0.717) is 11.1 Å². The summed E-state index contributed by atoms with van der Waals surface area (Å²) < 4.78 is 11.8. The number of ketones is 1. The maximum absolute atomic E-state index is 13.1. The standard InChI is InChI=1S/C22H27O2P/c1-14(2)21(25-24)19-15(3)8-7-9-18(19)20(23)16-10-12-17(13-11-16)22(4,5)6/h7-14,21H,1-6H3. The van der Waals surface area contributed by atoms with E-state index in [1.807, 2.05) is 63.2 Å². The molecule has 0 radical (unpaired) electrons. The van der Waals surface area contributed by atoms with E-state index in [4.69, 9.17) is 0 Å². The van der Waals surface area contributed by atoms with Crippen molar-refractivity contribution in [3.8, 4) is 0 Å². The second-order valence-corrected chi connectivity index (χ2v) is 8.75. The molecule has 0 saturated heterocycles. The third-order valence-electron chi connectivity index (χ3n) is 4.62. The Morgan fingerprint density at radius 2 is 1.60 bits per heavy atom. The van der Waals surface area contributed by atoms with Gasteiger partial charge in [-0.05, 0) is 34.9 Å². The maximum atomic E-state index is 13.1. The Morgan fingerprint density at radius 3 is 2.08 bits per heavy atom. The van der Waals surface area contributed by atoms with Crippen LogP contribution in [0.25, 0.3) is 0 Å². The van der Waals surface area contributed by atoms with Crippen LogP contribution in [-0.2, 0) is 9.98 Å². The summed E-state index contributed by atoms with van der Waals surface area (Å²) in [6, 6.07) is 13.6. The summed E-state index contributed by atoms with van der Waals surface area (Å²) in [5.41, 5.74) is 4.33. The first-order valence-electron chi connectivity index (χ1n) is 8.74. The highest BCUT2D eigenvalue weighted by Gasteiger charge is 2.25. The fourth-order valence-electron chi connectivity index (χ4n) is 3.06. The van der Waals surface area contributed by atoms with Crippen molar-refractivity contribution in [2.45, 2.75) is 52.6 Å². The fourth-order valence-corrected chi connectivity index (χ4v) is 3.75. The lowest BCUT2D eigenvalue weighted by molar-refractivity contribution is 0.103. The molecule has 2 aromatic carbocycles. The van der Waals surface area contributed by atoms with Gasteiger partial charge in [0.1, 0.15) is 0 Å². The summed E-state index contributed by atoms with van der Waals surface area (Å²) in [6.07, 6.45) is 0. The van der Waals surface area contributed by atoms with Crippen LogP contribution < -0.4 is 0 Å². The van der Waals surface area contributed by atoms with E-state index in [0.717, 1.165) is 11.1 Å². The summed E-state index contributed by atoms with van der Waals surface area (Å²) in [6.45, 7) is 12.5. The Morgan fingerprint density at radius 1 is 1.00 bits per heavy atom. The Hall–Kier alpha value is -1.79. The zero-order chi connectivity index (χ0) is 18.8. The minimum atomic E-state index is -0.172. The number of aryl methyl sites for hydroxylation is 1. The maximum Gasteiger partial charge on any atom is 0.193 e. The number of carbonyl (C=O) groups excluding carboxylic acids is 1. The average Bonchev–Trinajstić information content (AvgIpc) is 2.55. The van der Waals surface area contributed by atoms with Crippen LogP contribution in [0.5, 0.6) is 0 Å². The molecule has 0 bridgehead atoms. The molecule has 0 saturated carbocycles. The average molecular weight is 354 g/mol. The second kappa shape index (κ2) is 7.62. The highest BCUT2D eigenvalue weighted by molar-refractivity contribution is 7.24. The minimum absolute atomic E-state index is 0.00606. The fraction of sp³-hybridized carbons (Fsp3) is 0.409. The molecule has 0 spiro atoms. The molecule has 2 rings (SSSR count). The molecule has 2 aromatic rings. The largest absolute Gasteiger partial charge is 0.289 e. The zero-order valence-electron chi connectivity index (χ0n) is 16.0. The summed E-state index contributed by atoms with van der Waals surface area (Å²) in [5, 5.41) is 0. The van der Waals surface area contributed by atoms with E-state index in [1.165, 1.54) is 5.56 Å². The molecule has 25 heavy (non-hydrogen) atoms. The van der Waals surface area contributed by atoms with Gasteiger partial charge in [0, 0.05) is 11.1 Å². The van der Waals surface area contributed by atoms with E-state index in [2.05, 4.69) is 20.8 Å².